The SMILES string of the molecule is CCCCCCCC1CCCCN1Cc1ccc(CCc2ccc(CCC)cc2)cc1. The Labute approximate surface area is 192 Å². The molecule has 0 radical (unpaired) electrons. The summed E-state index contributed by atoms with van der Waals surface area (Å²) < 4.78 is 0. The fraction of sp³-hybridized carbons (Fsp3) is 0.600. The first kappa shape index (κ1) is 24.1. The number of aryl methyl sites for hydroxylation is 3. The van der Waals surface area contributed by atoms with Gasteiger partial charge in [-0.05, 0) is 67.3 Å². The van der Waals surface area contributed by atoms with Gasteiger partial charge in [-0.25, -0.2) is 0 Å². The van der Waals surface area contributed by atoms with Crippen molar-refractivity contribution < 1.29 is 0 Å². The van der Waals surface area contributed by atoms with E-state index in [-0.39, 0.29) is 0 Å². The van der Waals surface area contributed by atoms with Crippen LogP contribution in [0.4, 0.5) is 0 Å². The summed E-state index contributed by atoms with van der Waals surface area (Å²) >= 11 is 0. The van der Waals surface area contributed by atoms with Crippen LogP contribution in [0.25, 0.3) is 0 Å². The van der Waals surface area contributed by atoms with Gasteiger partial charge in [-0.1, -0.05) is 107 Å². The third-order valence-electron chi connectivity index (χ3n) is 7.06. The second kappa shape index (κ2) is 13.7. The zero-order chi connectivity index (χ0) is 21.7. The molecule has 0 amide bonds. The molecule has 0 aromatic heterocycles. The summed E-state index contributed by atoms with van der Waals surface area (Å²) in [7, 11) is 0. The van der Waals surface area contributed by atoms with E-state index in [0.717, 1.165) is 25.4 Å². The summed E-state index contributed by atoms with van der Waals surface area (Å²) in [6.45, 7) is 6.98. The third kappa shape index (κ3) is 8.45. The average Bonchev–Trinajstić information content (AvgIpc) is 2.81. The van der Waals surface area contributed by atoms with Crippen LogP contribution in [0, 0.1) is 0 Å². The average molecular weight is 420 g/mol. The van der Waals surface area contributed by atoms with Crippen molar-refractivity contribution in [1.82, 2.24) is 4.90 Å². The minimum absolute atomic E-state index is 0.811. The molecule has 3 rings (SSSR count). The molecule has 1 atom stereocenters. The number of piperidine rings is 1. The molecule has 1 unspecified atom stereocenters. The molecular formula is C30H45N. The van der Waals surface area contributed by atoms with Gasteiger partial charge in [0.2, 0.25) is 0 Å². The van der Waals surface area contributed by atoms with E-state index in [1.54, 1.807) is 0 Å². The van der Waals surface area contributed by atoms with E-state index in [0.29, 0.717) is 0 Å². The minimum atomic E-state index is 0.811. The lowest BCUT2D eigenvalue weighted by atomic mass is 9.95. The molecule has 0 spiro atoms. The van der Waals surface area contributed by atoms with Crippen molar-refractivity contribution >= 4 is 0 Å². The molecule has 2 aromatic carbocycles. The maximum atomic E-state index is 2.77. The summed E-state index contributed by atoms with van der Waals surface area (Å²) in [4.78, 5) is 2.77. The van der Waals surface area contributed by atoms with Crippen LogP contribution in [0.3, 0.4) is 0 Å². The molecule has 0 bridgehead atoms. The first-order valence-electron chi connectivity index (χ1n) is 13.2. The van der Waals surface area contributed by atoms with Crippen molar-refractivity contribution in [3.8, 4) is 0 Å². The number of unbranched alkanes of at least 4 members (excludes halogenated alkanes) is 4. The third-order valence-corrected chi connectivity index (χ3v) is 7.06. The number of likely N-dealkylation sites (tertiary alicyclic amines) is 1. The van der Waals surface area contributed by atoms with Gasteiger partial charge in [-0.15, -0.1) is 0 Å². The first-order valence-corrected chi connectivity index (χ1v) is 13.2. The van der Waals surface area contributed by atoms with Gasteiger partial charge in [0.15, 0.2) is 0 Å². The maximum Gasteiger partial charge on any atom is 0.0236 e. The molecule has 1 aliphatic rings. The predicted molar refractivity (Wildman–Crippen MR) is 136 cm³/mol. The Morgan fingerprint density at radius 3 is 1.84 bits per heavy atom. The highest BCUT2D eigenvalue weighted by Gasteiger charge is 2.21. The molecule has 1 saturated heterocycles. The first-order chi connectivity index (χ1) is 15.3. The highest BCUT2D eigenvalue weighted by molar-refractivity contribution is 5.26. The van der Waals surface area contributed by atoms with Crippen LogP contribution >= 0.6 is 0 Å². The van der Waals surface area contributed by atoms with E-state index in [2.05, 4.69) is 67.3 Å². The molecule has 0 aliphatic carbocycles. The second-order valence-corrected chi connectivity index (χ2v) is 9.71. The zero-order valence-electron chi connectivity index (χ0n) is 20.2. The predicted octanol–water partition coefficient (Wildman–Crippen LogP) is 8.14. The van der Waals surface area contributed by atoms with Crippen molar-refractivity contribution in [2.24, 2.45) is 0 Å². The lowest BCUT2D eigenvalue weighted by molar-refractivity contribution is 0.129. The van der Waals surface area contributed by atoms with Crippen molar-refractivity contribution in [1.29, 1.82) is 0 Å². The van der Waals surface area contributed by atoms with E-state index < -0.39 is 0 Å². The number of benzene rings is 2. The van der Waals surface area contributed by atoms with Crippen molar-refractivity contribution in [3.63, 3.8) is 0 Å². The lowest BCUT2D eigenvalue weighted by Gasteiger charge is -2.36. The van der Waals surface area contributed by atoms with Crippen LogP contribution in [0.15, 0.2) is 48.5 Å². The fourth-order valence-corrected chi connectivity index (χ4v) is 5.07. The summed E-state index contributed by atoms with van der Waals surface area (Å²) in [5.74, 6) is 0. The van der Waals surface area contributed by atoms with Crippen molar-refractivity contribution in [3.05, 3.63) is 70.8 Å². The van der Waals surface area contributed by atoms with Crippen LogP contribution < -0.4 is 0 Å². The summed E-state index contributed by atoms with van der Waals surface area (Å²) in [6, 6.07) is 19.6. The van der Waals surface area contributed by atoms with Crippen LogP contribution in [-0.4, -0.2) is 17.5 Å². The number of nitrogens with zero attached hydrogens (tertiary/aromatic N) is 1. The van der Waals surface area contributed by atoms with Gasteiger partial charge < -0.3 is 0 Å². The Balaban J connectivity index is 1.45. The van der Waals surface area contributed by atoms with Crippen LogP contribution in [0.2, 0.25) is 0 Å². The molecule has 31 heavy (non-hydrogen) atoms. The zero-order valence-corrected chi connectivity index (χ0v) is 20.2. The monoisotopic (exact) mass is 419 g/mol. The Hall–Kier alpha value is -1.60. The molecule has 1 heterocycles. The highest BCUT2D eigenvalue weighted by Crippen LogP contribution is 2.24. The van der Waals surface area contributed by atoms with Gasteiger partial charge >= 0.3 is 0 Å². The molecule has 1 nitrogen and oxygen atoms in total. The van der Waals surface area contributed by atoms with Gasteiger partial charge in [-0.2, -0.15) is 0 Å². The standard InChI is InChI=1S/C30H45N/c1-3-5-6-7-8-12-30-13-9-10-24-31(30)25-29-22-20-28(21-23-29)19-18-27-16-14-26(11-4-2)15-17-27/h14-17,20-23,30H,3-13,18-19,24-25H2,1-2H3. The van der Waals surface area contributed by atoms with Crippen molar-refractivity contribution in [2.75, 3.05) is 6.54 Å². The second-order valence-electron chi connectivity index (χ2n) is 9.71. The number of hydrogen-bond acceptors (Lipinski definition) is 1. The largest absolute Gasteiger partial charge is 0.296 e. The minimum Gasteiger partial charge on any atom is -0.296 e. The normalized spacial score (nSPS) is 17.2. The summed E-state index contributed by atoms with van der Waals surface area (Å²) in [6.07, 6.45) is 17.3. The van der Waals surface area contributed by atoms with Gasteiger partial charge in [0.1, 0.15) is 0 Å². The fourth-order valence-electron chi connectivity index (χ4n) is 5.07. The highest BCUT2D eigenvalue weighted by atomic mass is 15.2. The smallest absolute Gasteiger partial charge is 0.0236 e. The van der Waals surface area contributed by atoms with Gasteiger partial charge in [-0.3, -0.25) is 4.90 Å². The van der Waals surface area contributed by atoms with Gasteiger partial charge in [0.05, 0.1) is 0 Å². The molecule has 0 saturated carbocycles. The van der Waals surface area contributed by atoms with E-state index in [1.807, 2.05) is 0 Å². The van der Waals surface area contributed by atoms with E-state index in [1.165, 1.54) is 99.4 Å². The summed E-state index contributed by atoms with van der Waals surface area (Å²) in [5.41, 5.74) is 5.88. The molecule has 0 N–H and O–H groups in total. The van der Waals surface area contributed by atoms with Crippen molar-refractivity contribution in [2.45, 2.75) is 110 Å². The van der Waals surface area contributed by atoms with Crippen LogP contribution in [0.1, 0.15) is 100 Å². The Morgan fingerprint density at radius 1 is 0.645 bits per heavy atom. The molecule has 2 aromatic rings. The lowest BCUT2D eigenvalue weighted by Crippen LogP contribution is -2.38. The van der Waals surface area contributed by atoms with E-state index in [4.69, 9.17) is 0 Å². The van der Waals surface area contributed by atoms with Gasteiger partial charge in [0, 0.05) is 12.6 Å². The van der Waals surface area contributed by atoms with Gasteiger partial charge in [0.25, 0.3) is 0 Å². The number of hydrogen-bond donors (Lipinski definition) is 0. The van der Waals surface area contributed by atoms with Crippen LogP contribution in [0.5, 0.6) is 0 Å². The molecule has 170 valence electrons. The Morgan fingerprint density at radius 2 is 1.23 bits per heavy atom. The maximum absolute atomic E-state index is 2.77. The summed E-state index contributed by atoms with van der Waals surface area (Å²) in [5, 5.41) is 0. The Kier molecular flexibility index (Phi) is 10.7. The quantitative estimate of drug-likeness (QED) is 0.296. The molecule has 1 aliphatic heterocycles. The molecule has 1 heteroatoms. The van der Waals surface area contributed by atoms with Crippen LogP contribution in [-0.2, 0) is 25.8 Å². The Bertz CT molecular complexity index is 715. The molecular weight excluding hydrogens is 374 g/mol. The number of rotatable bonds is 13. The molecule has 1 fully saturated rings. The van der Waals surface area contributed by atoms with E-state index >= 15 is 0 Å². The van der Waals surface area contributed by atoms with E-state index in [9.17, 15) is 0 Å². The topological polar surface area (TPSA) is 3.24 Å².